The normalized spacial score (nSPS) is 17.0. The summed E-state index contributed by atoms with van der Waals surface area (Å²) in [5.41, 5.74) is 2.46. The molecule has 0 radical (unpaired) electrons. The first-order valence-corrected chi connectivity index (χ1v) is 17.7. The first kappa shape index (κ1) is 35.5. The fraction of sp³-hybridized carbons (Fsp3) is 0.421. The molecule has 2 aromatic heterocycles. The van der Waals surface area contributed by atoms with E-state index in [2.05, 4.69) is 25.9 Å². The summed E-state index contributed by atoms with van der Waals surface area (Å²) in [6.45, 7) is 4.50. The number of carbonyl (C=O) groups excluding carboxylic acids is 3. The van der Waals surface area contributed by atoms with Gasteiger partial charge in [-0.15, -0.1) is 0 Å². The van der Waals surface area contributed by atoms with E-state index in [1.54, 1.807) is 18.3 Å². The lowest BCUT2D eigenvalue weighted by atomic mass is 9.71. The molecule has 3 amide bonds. The monoisotopic (exact) mass is 716 g/mol. The molecule has 0 bridgehead atoms. The summed E-state index contributed by atoms with van der Waals surface area (Å²) in [5, 5.41) is 13.4. The summed E-state index contributed by atoms with van der Waals surface area (Å²) < 4.78 is 49.5. The second-order valence-corrected chi connectivity index (χ2v) is 14.2. The van der Waals surface area contributed by atoms with Crippen LogP contribution in [-0.4, -0.2) is 75.6 Å². The maximum Gasteiger partial charge on any atom is 0.268 e. The van der Waals surface area contributed by atoms with Gasteiger partial charge < -0.3 is 25.4 Å². The van der Waals surface area contributed by atoms with E-state index in [0.717, 1.165) is 68.7 Å². The van der Waals surface area contributed by atoms with Gasteiger partial charge in [-0.25, -0.2) is 13.2 Å². The first-order valence-electron chi connectivity index (χ1n) is 17.7. The Morgan fingerprint density at radius 1 is 0.962 bits per heavy atom. The third-order valence-corrected chi connectivity index (χ3v) is 10.9. The molecule has 2 aromatic carbocycles. The molecule has 3 N–H and O–H groups in total. The Hall–Kier alpha value is -4.95. The molecule has 7 rings (SSSR count). The summed E-state index contributed by atoms with van der Waals surface area (Å²) >= 11 is 0. The largest absolute Gasteiger partial charge is 0.347 e. The SMILES string of the molecule is Cc1c(C(=O)Nc2ccc(CNC(=O)c3ccc4n3CCN(Cc3c(F)cc(C(=O)N(C)C)cc3F)C43CCC3)c(F)c2)cnn1C1CCNCC1. The van der Waals surface area contributed by atoms with Gasteiger partial charge in [0.1, 0.15) is 23.1 Å². The van der Waals surface area contributed by atoms with Gasteiger partial charge in [0, 0.05) is 74.0 Å². The van der Waals surface area contributed by atoms with E-state index in [-0.39, 0.29) is 47.6 Å². The topological polar surface area (TPSA) is 117 Å². The molecule has 1 saturated heterocycles. The van der Waals surface area contributed by atoms with Crippen molar-refractivity contribution in [1.82, 2.24) is 34.8 Å². The van der Waals surface area contributed by atoms with Gasteiger partial charge in [-0.1, -0.05) is 6.07 Å². The molecule has 1 aliphatic carbocycles. The van der Waals surface area contributed by atoms with Crippen LogP contribution in [0.25, 0.3) is 0 Å². The third kappa shape index (κ3) is 6.49. The molecular weight excluding hydrogens is 673 g/mol. The number of fused-ring (bicyclic) bond motifs is 2. The van der Waals surface area contributed by atoms with Crippen molar-refractivity contribution in [3.8, 4) is 0 Å². The van der Waals surface area contributed by atoms with Crippen LogP contribution in [0, 0.1) is 24.4 Å². The summed E-state index contributed by atoms with van der Waals surface area (Å²) in [4.78, 5) is 42.1. The number of nitrogens with one attached hydrogen (secondary N) is 3. The van der Waals surface area contributed by atoms with Gasteiger partial charge in [-0.3, -0.25) is 24.0 Å². The number of benzene rings is 2. The number of hydrogen-bond donors (Lipinski definition) is 3. The van der Waals surface area contributed by atoms with Gasteiger partial charge in [-0.05, 0) is 88.5 Å². The predicted octanol–water partition coefficient (Wildman–Crippen LogP) is 5.11. The quantitative estimate of drug-likeness (QED) is 0.222. The van der Waals surface area contributed by atoms with Gasteiger partial charge >= 0.3 is 0 Å². The van der Waals surface area contributed by atoms with E-state index in [0.29, 0.717) is 30.0 Å². The third-order valence-electron chi connectivity index (χ3n) is 10.9. The minimum Gasteiger partial charge on any atom is -0.347 e. The molecule has 0 unspecified atom stereocenters. The van der Waals surface area contributed by atoms with Gasteiger partial charge in [-0.2, -0.15) is 5.10 Å². The number of nitrogens with zero attached hydrogens (tertiary/aromatic N) is 5. The van der Waals surface area contributed by atoms with Gasteiger partial charge in [0.2, 0.25) is 0 Å². The Morgan fingerprint density at radius 3 is 2.35 bits per heavy atom. The van der Waals surface area contributed by atoms with Crippen LogP contribution < -0.4 is 16.0 Å². The fourth-order valence-electron chi connectivity index (χ4n) is 7.85. The lowest BCUT2D eigenvalue weighted by Crippen LogP contribution is -2.56. The van der Waals surface area contributed by atoms with Crippen molar-refractivity contribution in [2.75, 3.05) is 39.0 Å². The highest BCUT2D eigenvalue weighted by Crippen LogP contribution is 2.49. The molecule has 0 atom stereocenters. The Labute approximate surface area is 300 Å². The molecule has 2 fully saturated rings. The van der Waals surface area contributed by atoms with Crippen molar-refractivity contribution in [2.45, 2.75) is 70.2 Å². The average Bonchev–Trinajstić information content (AvgIpc) is 3.72. The molecule has 14 heteroatoms. The van der Waals surface area contributed by atoms with E-state index in [9.17, 15) is 14.4 Å². The maximum absolute atomic E-state index is 15.2. The number of aromatic nitrogens is 3. The van der Waals surface area contributed by atoms with E-state index in [1.807, 2.05) is 22.2 Å². The fourth-order valence-corrected chi connectivity index (χ4v) is 7.85. The van der Waals surface area contributed by atoms with E-state index in [1.165, 1.54) is 31.1 Å². The number of carbonyl (C=O) groups is 3. The van der Waals surface area contributed by atoms with Gasteiger partial charge in [0.25, 0.3) is 17.7 Å². The van der Waals surface area contributed by atoms with Crippen LogP contribution >= 0.6 is 0 Å². The van der Waals surface area contributed by atoms with E-state index in [4.69, 9.17) is 0 Å². The van der Waals surface area contributed by atoms with E-state index < -0.39 is 28.9 Å². The molecule has 2 aliphatic heterocycles. The highest BCUT2D eigenvalue weighted by Gasteiger charge is 2.48. The van der Waals surface area contributed by atoms with Crippen LogP contribution in [0.15, 0.2) is 48.7 Å². The van der Waals surface area contributed by atoms with Crippen LogP contribution in [0.4, 0.5) is 18.9 Å². The van der Waals surface area contributed by atoms with Crippen molar-refractivity contribution < 1.29 is 27.6 Å². The Kier molecular flexibility index (Phi) is 9.70. The van der Waals surface area contributed by atoms with Crippen LogP contribution in [0.2, 0.25) is 0 Å². The zero-order chi connectivity index (χ0) is 36.7. The minimum atomic E-state index is -0.765. The molecular formula is C38H43F3N8O3. The Bertz CT molecular complexity index is 2010. The lowest BCUT2D eigenvalue weighted by Gasteiger charge is -2.53. The second kappa shape index (κ2) is 14.2. The van der Waals surface area contributed by atoms with Crippen molar-refractivity contribution in [2.24, 2.45) is 0 Å². The number of rotatable bonds is 9. The number of halogens is 3. The Morgan fingerprint density at radius 2 is 1.69 bits per heavy atom. The maximum atomic E-state index is 15.2. The van der Waals surface area contributed by atoms with E-state index >= 15 is 13.2 Å². The average molecular weight is 717 g/mol. The zero-order valence-corrected chi connectivity index (χ0v) is 29.6. The molecule has 52 heavy (non-hydrogen) atoms. The molecule has 4 aromatic rings. The summed E-state index contributed by atoms with van der Waals surface area (Å²) in [7, 11) is 3.05. The molecule has 274 valence electrons. The number of hydrogen-bond acceptors (Lipinski definition) is 6. The highest BCUT2D eigenvalue weighted by atomic mass is 19.1. The molecule has 11 nitrogen and oxygen atoms in total. The number of amides is 3. The number of piperidine rings is 1. The van der Waals surface area contributed by atoms with Crippen LogP contribution in [-0.2, 0) is 25.2 Å². The standard InChI is InChI=1S/C38H43F3N8O3/c1-23-28(21-44-49(23)27-9-13-42-14-10-27)35(50)45-26-6-5-24(30(39)19-26)20-43-36(51)33-7-8-34-38(11-4-12-38)47(15-16-48(33)34)22-29-31(40)17-25(18-32(29)41)37(52)46(2)3/h5-8,17-19,21,27,42H,4,9-16,20,22H2,1-3H3,(H,43,51)(H,45,50). The van der Waals surface area contributed by atoms with Crippen molar-refractivity contribution >= 4 is 23.4 Å². The molecule has 3 aliphatic rings. The summed E-state index contributed by atoms with van der Waals surface area (Å²) in [5.74, 6) is -3.32. The van der Waals surface area contributed by atoms with Crippen LogP contribution in [0.5, 0.6) is 0 Å². The van der Waals surface area contributed by atoms with Gasteiger partial charge in [0.05, 0.1) is 23.3 Å². The first-order chi connectivity index (χ1) is 25.0. The zero-order valence-electron chi connectivity index (χ0n) is 29.6. The van der Waals surface area contributed by atoms with Crippen molar-refractivity contribution in [3.05, 3.63) is 105 Å². The molecule has 1 spiro atoms. The second-order valence-electron chi connectivity index (χ2n) is 14.2. The molecule has 1 saturated carbocycles. The van der Waals surface area contributed by atoms with Crippen molar-refractivity contribution in [3.63, 3.8) is 0 Å². The predicted molar refractivity (Wildman–Crippen MR) is 188 cm³/mol. The Balaban J connectivity index is 0.997. The van der Waals surface area contributed by atoms with Crippen molar-refractivity contribution in [1.29, 1.82) is 0 Å². The van der Waals surface area contributed by atoms with Crippen LogP contribution in [0.1, 0.15) is 91.9 Å². The highest BCUT2D eigenvalue weighted by molar-refractivity contribution is 6.05. The summed E-state index contributed by atoms with van der Waals surface area (Å²) in [6, 6.07) is 10.4. The van der Waals surface area contributed by atoms with Crippen LogP contribution in [0.3, 0.4) is 0 Å². The minimum absolute atomic E-state index is 0.0260. The smallest absolute Gasteiger partial charge is 0.268 e. The number of anilines is 1. The summed E-state index contributed by atoms with van der Waals surface area (Å²) in [6.07, 6.45) is 5.89. The molecule has 4 heterocycles. The lowest BCUT2D eigenvalue weighted by molar-refractivity contribution is -0.0229. The van der Waals surface area contributed by atoms with Gasteiger partial charge in [0.15, 0.2) is 0 Å².